The fraction of sp³-hybridized carbons (Fsp3) is 0.0909. The van der Waals surface area contributed by atoms with Crippen molar-refractivity contribution in [2.24, 2.45) is 0 Å². The number of hydrogen-bond acceptors (Lipinski definition) is 2. The second-order valence-electron chi connectivity index (χ2n) is 3.13. The number of imidazole rings is 1. The Labute approximate surface area is 101 Å². The number of carbonyl (C=O) groups excluding carboxylic acids is 1. The predicted octanol–water partition coefficient (Wildman–Crippen LogP) is 2.43. The van der Waals surface area contributed by atoms with Gasteiger partial charge in [0.1, 0.15) is 6.04 Å². The minimum absolute atomic E-state index is 0.0804. The first kappa shape index (κ1) is 10.4. The molecule has 15 heavy (non-hydrogen) atoms. The Bertz CT molecular complexity index is 439. The van der Waals surface area contributed by atoms with E-state index in [1.54, 1.807) is 18.7 Å². The molecule has 1 unspecified atom stereocenters. The van der Waals surface area contributed by atoms with E-state index >= 15 is 0 Å². The lowest BCUT2D eigenvalue weighted by Crippen LogP contribution is -2.14. The molecule has 76 valence electrons. The topological polar surface area (TPSA) is 34.9 Å². The normalized spacial score (nSPS) is 12.3. The number of nitrogens with zero attached hydrogens (tertiary/aromatic N) is 2. The predicted molar refractivity (Wildman–Crippen MR) is 65.8 cm³/mol. The van der Waals surface area contributed by atoms with Crippen LogP contribution in [-0.2, 0) is 4.79 Å². The summed E-state index contributed by atoms with van der Waals surface area (Å²) < 4.78 is 1.89. The molecule has 4 heteroatoms. The van der Waals surface area contributed by atoms with Crippen LogP contribution in [-0.4, -0.2) is 13.3 Å². The number of benzene rings is 1. The Morgan fingerprint density at radius 2 is 2.07 bits per heavy atom. The number of hydrogen-bond donors (Lipinski definition) is 0. The third-order valence-electron chi connectivity index (χ3n) is 2.15. The van der Waals surface area contributed by atoms with E-state index in [0.29, 0.717) is 0 Å². The van der Waals surface area contributed by atoms with Crippen molar-refractivity contribution in [1.29, 1.82) is 0 Å². The molecule has 0 saturated heterocycles. The van der Waals surface area contributed by atoms with Gasteiger partial charge >= 0.3 is 0 Å². The molecule has 0 fully saturated rings. The smallest absolute Gasteiger partial charge is 0.219 e. The molecule has 0 aliphatic rings. The molecule has 0 amide bonds. The maximum absolute atomic E-state index is 11.6. The summed E-state index contributed by atoms with van der Waals surface area (Å²) in [6.45, 7) is 0. The Morgan fingerprint density at radius 1 is 1.33 bits per heavy atom. The van der Waals surface area contributed by atoms with E-state index in [1.165, 1.54) is 0 Å². The lowest BCUT2D eigenvalue weighted by molar-refractivity contribution is -0.111. The second-order valence-corrected chi connectivity index (χ2v) is 4.19. The maximum atomic E-state index is 11.6. The number of rotatable bonds is 3. The molecule has 0 N–H and O–H groups in total. The average Bonchev–Trinajstić information content (AvgIpc) is 2.72. The molecule has 1 aromatic carbocycles. The van der Waals surface area contributed by atoms with E-state index in [9.17, 15) is 4.79 Å². The van der Waals surface area contributed by atoms with Crippen LogP contribution >= 0.6 is 22.6 Å². The summed E-state index contributed by atoms with van der Waals surface area (Å²) in [5.41, 5.74) is 0.981. The molecule has 0 saturated carbocycles. The van der Waals surface area contributed by atoms with Gasteiger partial charge in [-0.3, -0.25) is 4.79 Å². The fourth-order valence-corrected chi connectivity index (χ4v) is 2.16. The lowest BCUT2D eigenvalue weighted by atomic mass is 10.1. The Balaban J connectivity index is 2.42. The quantitative estimate of drug-likeness (QED) is 0.644. The standard InChI is InChI=1S/C11H9IN2O/c12-11(15)10(14-7-6-13-8-14)9-4-2-1-3-5-9/h1-8,10H. The molecule has 1 atom stereocenters. The highest BCUT2D eigenvalue weighted by molar-refractivity contribution is 14.1. The van der Waals surface area contributed by atoms with Crippen LogP contribution in [0.5, 0.6) is 0 Å². The van der Waals surface area contributed by atoms with Gasteiger partial charge in [0.05, 0.1) is 6.33 Å². The third-order valence-corrected chi connectivity index (χ3v) is 2.74. The first-order chi connectivity index (χ1) is 7.29. The minimum atomic E-state index is -0.269. The van der Waals surface area contributed by atoms with Gasteiger partial charge in [0.25, 0.3) is 0 Å². The molecule has 1 aromatic heterocycles. The van der Waals surface area contributed by atoms with Crippen molar-refractivity contribution < 1.29 is 4.79 Å². The fourth-order valence-electron chi connectivity index (χ4n) is 1.48. The molecular formula is C11H9IN2O. The monoisotopic (exact) mass is 312 g/mol. The van der Waals surface area contributed by atoms with Crippen molar-refractivity contribution in [3.63, 3.8) is 0 Å². The highest BCUT2D eigenvalue weighted by Gasteiger charge is 2.18. The Morgan fingerprint density at radius 3 is 2.60 bits per heavy atom. The molecular weight excluding hydrogens is 303 g/mol. The summed E-state index contributed by atoms with van der Waals surface area (Å²) in [4.78, 5) is 15.5. The van der Waals surface area contributed by atoms with Crippen LogP contribution in [0.2, 0.25) is 0 Å². The van der Waals surface area contributed by atoms with Gasteiger partial charge in [-0.15, -0.1) is 0 Å². The van der Waals surface area contributed by atoms with Crippen LogP contribution in [0.15, 0.2) is 49.1 Å². The van der Waals surface area contributed by atoms with Crippen molar-refractivity contribution in [2.45, 2.75) is 6.04 Å². The van der Waals surface area contributed by atoms with E-state index in [2.05, 4.69) is 4.98 Å². The summed E-state index contributed by atoms with van der Waals surface area (Å²) in [5.74, 6) is 0. The summed E-state index contributed by atoms with van der Waals surface area (Å²) in [5, 5.41) is 0. The van der Waals surface area contributed by atoms with Gasteiger partial charge in [-0.25, -0.2) is 4.98 Å². The molecule has 3 nitrogen and oxygen atoms in total. The van der Waals surface area contributed by atoms with Crippen LogP contribution in [0.25, 0.3) is 0 Å². The van der Waals surface area contributed by atoms with E-state index < -0.39 is 0 Å². The van der Waals surface area contributed by atoms with Gasteiger partial charge in [-0.2, -0.15) is 0 Å². The van der Waals surface area contributed by atoms with Gasteiger partial charge in [-0.1, -0.05) is 30.3 Å². The molecule has 1 heterocycles. The largest absolute Gasteiger partial charge is 0.322 e. The van der Waals surface area contributed by atoms with Gasteiger partial charge in [0.2, 0.25) is 3.79 Å². The van der Waals surface area contributed by atoms with Crippen LogP contribution in [0.1, 0.15) is 11.6 Å². The lowest BCUT2D eigenvalue weighted by Gasteiger charge is -2.14. The zero-order valence-corrected chi connectivity index (χ0v) is 10.0. The molecule has 0 radical (unpaired) electrons. The summed E-state index contributed by atoms with van der Waals surface area (Å²) in [6, 6.07) is 9.42. The average molecular weight is 312 g/mol. The van der Waals surface area contributed by atoms with Gasteiger partial charge < -0.3 is 4.57 Å². The van der Waals surface area contributed by atoms with Crippen LogP contribution < -0.4 is 0 Å². The van der Waals surface area contributed by atoms with Crippen LogP contribution in [0.3, 0.4) is 0 Å². The number of aromatic nitrogens is 2. The highest BCUT2D eigenvalue weighted by atomic mass is 127. The summed E-state index contributed by atoms with van der Waals surface area (Å²) >= 11 is 1.82. The number of carbonyl (C=O) groups is 1. The van der Waals surface area contributed by atoms with Crippen LogP contribution in [0.4, 0.5) is 0 Å². The second kappa shape index (κ2) is 4.57. The SMILES string of the molecule is O=C(I)C(c1ccccc1)n1ccnc1. The first-order valence-corrected chi connectivity index (χ1v) is 5.58. The molecule has 0 aliphatic carbocycles. The van der Waals surface area contributed by atoms with Gasteiger partial charge in [-0.05, 0) is 5.56 Å². The molecule has 2 rings (SSSR count). The van der Waals surface area contributed by atoms with Gasteiger partial charge in [0.15, 0.2) is 0 Å². The number of halogens is 1. The van der Waals surface area contributed by atoms with Gasteiger partial charge in [0, 0.05) is 35.0 Å². The van der Waals surface area contributed by atoms with E-state index in [4.69, 9.17) is 0 Å². The summed E-state index contributed by atoms with van der Waals surface area (Å²) in [6.07, 6.45) is 5.14. The first-order valence-electron chi connectivity index (χ1n) is 4.51. The minimum Gasteiger partial charge on any atom is -0.322 e. The zero-order valence-electron chi connectivity index (χ0n) is 7.88. The van der Waals surface area contributed by atoms with Crippen molar-refractivity contribution in [3.05, 3.63) is 54.6 Å². The van der Waals surface area contributed by atoms with Crippen molar-refractivity contribution in [1.82, 2.24) is 9.55 Å². The zero-order chi connectivity index (χ0) is 10.7. The molecule has 0 bridgehead atoms. The van der Waals surface area contributed by atoms with E-state index in [-0.39, 0.29) is 9.83 Å². The van der Waals surface area contributed by atoms with Crippen molar-refractivity contribution >= 4 is 26.4 Å². The Kier molecular flexibility index (Phi) is 3.15. The van der Waals surface area contributed by atoms with Crippen molar-refractivity contribution in [3.8, 4) is 0 Å². The molecule has 0 spiro atoms. The van der Waals surface area contributed by atoms with E-state index in [1.807, 2.05) is 57.5 Å². The Hall–Kier alpha value is -1.17. The molecule has 2 aromatic rings. The third kappa shape index (κ3) is 2.26. The molecule has 0 aliphatic heterocycles. The van der Waals surface area contributed by atoms with E-state index in [0.717, 1.165) is 5.56 Å². The highest BCUT2D eigenvalue weighted by Crippen LogP contribution is 2.21. The van der Waals surface area contributed by atoms with Crippen LogP contribution in [0, 0.1) is 0 Å². The maximum Gasteiger partial charge on any atom is 0.219 e. The van der Waals surface area contributed by atoms with Crippen molar-refractivity contribution in [2.75, 3.05) is 0 Å². The summed E-state index contributed by atoms with van der Waals surface area (Å²) in [7, 11) is 0.